The minimum Gasteiger partial charge on any atom is -0.463 e. The second kappa shape index (κ2) is 6.50. The minimum absolute atomic E-state index is 0.115. The summed E-state index contributed by atoms with van der Waals surface area (Å²) in [5.74, 6) is 3.61. The molecule has 0 radical (unpaired) electrons. The van der Waals surface area contributed by atoms with Gasteiger partial charge in [0.1, 0.15) is 6.10 Å². The molecule has 26 heavy (non-hydrogen) atoms. The Morgan fingerprint density at radius 2 is 1.69 bits per heavy atom. The van der Waals surface area contributed by atoms with Crippen molar-refractivity contribution in [3.63, 3.8) is 0 Å². The molecule has 3 unspecified atom stereocenters. The van der Waals surface area contributed by atoms with Crippen molar-refractivity contribution in [3.05, 3.63) is 0 Å². The molecule has 0 aromatic heterocycles. The van der Waals surface area contributed by atoms with Gasteiger partial charge in [0.2, 0.25) is 0 Å². The van der Waals surface area contributed by atoms with E-state index < -0.39 is 0 Å². The lowest BCUT2D eigenvalue weighted by Gasteiger charge is -2.61. The van der Waals surface area contributed by atoms with Gasteiger partial charge in [0.05, 0.1) is 6.10 Å². The van der Waals surface area contributed by atoms with E-state index in [1.807, 2.05) is 6.92 Å². The number of esters is 1. The van der Waals surface area contributed by atoms with Crippen LogP contribution >= 0.6 is 0 Å². The molecule has 4 aliphatic carbocycles. The number of rotatable bonds is 2. The molecule has 0 spiro atoms. The van der Waals surface area contributed by atoms with Gasteiger partial charge >= 0.3 is 5.97 Å². The molecule has 1 N–H and O–H groups in total. The third kappa shape index (κ3) is 2.75. The highest BCUT2D eigenvalue weighted by molar-refractivity contribution is 5.66. The lowest BCUT2D eigenvalue weighted by atomic mass is 9.44. The molecule has 0 aromatic carbocycles. The number of carbonyl (C=O) groups excluding carboxylic acids is 1. The van der Waals surface area contributed by atoms with Crippen molar-refractivity contribution in [2.24, 2.45) is 40.4 Å². The fourth-order valence-electron chi connectivity index (χ4n) is 8.39. The fourth-order valence-corrected chi connectivity index (χ4v) is 8.39. The summed E-state index contributed by atoms with van der Waals surface area (Å²) in [6.07, 6.45) is 11.2. The average Bonchev–Trinajstić information content (AvgIpc) is 2.92. The van der Waals surface area contributed by atoms with Crippen molar-refractivity contribution in [2.45, 2.75) is 97.7 Å². The van der Waals surface area contributed by atoms with Crippen LogP contribution in [-0.4, -0.2) is 23.3 Å². The zero-order chi connectivity index (χ0) is 18.7. The van der Waals surface area contributed by atoms with Gasteiger partial charge in [-0.25, -0.2) is 0 Å². The van der Waals surface area contributed by atoms with Gasteiger partial charge < -0.3 is 9.84 Å². The van der Waals surface area contributed by atoms with E-state index in [-0.39, 0.29) is 18.2 Å². The molecule has 0 heterocycles. The van der Waals surface area contributed by atoms with Gasteiger partial charge in [-0.1, -0.05) is 13.8 Å². The zero-order valence-corrected chi connectivity index (χ0v) is 17.2. The number of ether oxygens (including phenoxy) is 1. The predicted molar refractivity (Wildman–Crippen MR) is 102 cm³/mol. The van der Waals surface area contributed by atoms with Crippen LogP contribution in [0.2, 0.25) is 0 Å². The summed E-state index contributed by atoms with van der Waals surface area (Å²) in [5.41, 5.74) is 0.789. The first-order valence-electron chi connectivity index (χ1n) is 11.1. The molecule has 0 bridgehead atoms. The Kier molecular flexibility index (Phi) is 4.69. The van der Waals surface area contributed by atoms with E-state index in [1.54, 1.807) is 6.92 Å². The zero-order valence-electron chi connectivity index (χ0n) is 17.2. The van der Waals surface area contributed by atoms with E-state index in [0.29, 0.717) is 16.7 Å². The summed E-state index contributed by atoms with van der Waals surface area (Å²) in [5, 5.41) is 10.4. The molecule has 0 aromatic rings. The Balaban J connectivity index is 1.53. The van der Waals surface area contributed by atoms with Crippen LogP contribution in [0.3, 0.4) is 0 Å². The van der Waals surface area contributed by atoms with Crippen molar-refractivity contribution >= 4 is 5.97 Å². The van der Waals surface area contributed by atoms with Gasteiger partial charge in [0, 0.05) is 6.92 Å². The summed E-state index contributed by atoms with van der Waals surface area (Å²) in [6.45, 7) is 8.61. The Labute approximate surface area is 159 Å². The van der Waals surface area contributed by atoms with Crippen LogP contribution in [0.25, 0.3) is 0 Å². The Morgan fingerprint density at radius 3 is 2.38 bits per heavy atom. The van der Waals surface area contributed by atoms with Crippen molar-refractivity contribution in [2.75, 3.05) is 0 Å². The van der Waals surface area contributed by atoms with Crippen LogP contribution in [0.1, 0.15) is 85.5 Å². The number of aliphatic hydroxyl groups excluding tert-OH is 1. The quantitative estimate of drug-likeness (QED) is 0.706. The molecule has 0 aliphatic heterocycles. The van der Waals surface area contributed by atoms with Crippen LogP contribution < -0.4 is 0 Å². The molecule has 0 saturated heterocycles. The largest absolute Gasteiger partial charge is 0.463 e. The number of hydrogen-bond acceptors (Lipinski definition) is 3. The molecule has 9 atom stereocenters. The summed E-state index contributed by atoms with van der Waals surface area (Å²) in [6, 6.07) is 0. The lowest BCUT2D eigenvalue weighted by molar-refractivity contribution is -0.161. The normalized spacial score (nSPS) is 51.7. The van der Waals surface area contributed by atoms with Gasteiger partial charge in [0.25, 0.3) is 0 Å². The standard InChI is InChI=1S/C23H38O3/c1-14(24)19-7-8-20-18-6-5-16-13-17(26-15(2)25)9-11-22(16,3)21(18)10-12-23(19,20)4/h14,16-21,24H,5-13H2,1-4H3/t14?,16-,17-,18?,19+,20-,21?,22-,23+/m0/s1. The maximum atomic E-state index is 11.4. The number of carbonyl (C=O) groups is 1. The molecule has 148 valence electrons. The van der Waals surface area contributed by atoms with Crippen LogP contribution in [0.5, 0.6) is 0 Å². The summed E-state index contributed by atoms with van der Waals surface area (Å²) >= 11 is 0. The highest BCUT2D eigenvalue weighted by Gasteiger charge is 2.60. The number of aliphatic hydroxyl groups is 1. The van der Waals surface area contributed by atoms with E-state index in [4.69, 9.17) is 4.74 Å². The van der Waals surface area contributed by atoms with E-state index in [9.17, 15) is 9.90 Å². The second-order valence-electron chi connectivity index (χ2n) is 10.6. The Hall–Kier alpha value is -0.570. The van der Waals surface area contributed by atoms with E-state index in [0.717, 1.165) is 36.5 Å². The second-order valence-corrected chi connectivity index (χ2v) is 10.6. The topological polar surface area (TPSA) is 46.5 Å². The van der Waals surface area contributed by atoms with Crippen LogP contribution in [0.15, 0.2) is 0 Å². The number of hydrogen-bond donors (Lipinski definition) is 1. The summed E-state index contributed by atoms with van der Waals surface area (Å²) in [4.78, 5) is 11.4. The van der Waals surface area contributed by atoms with Crippen molar-refractivity contribution in [1.29, 1.82) is 0 Å². The molecular weight excluding hydrogens is 324 g/mol. The maximum absolute atomic E-state index is 11.4. The van der Waals surface area contributed by atoms with Gasteiger partial charge in [0.15, 0.2) is 0 Å². The first-order chi connectivity index (χ1) is 12.3. The number of fused-ring (bicyclic) bond motifs is 5. The predicted octanol–water partition coefficient (Wildman–Crippen LogP) is 4.96. The van der Waals surface area contributed by atoms with Crippen molar-refractivity contribution in [1.82, 2.24) is 0 Å². The van der Waals surface area contributed by atoms with Crippen LogP contribution in [0.4, 0.5) is 0 Å². The molecule has 3 heteroatoms. The third-order valence-electron chi connectivity index (χ3n) is 9.61. The minimum atomic E-state index is -0.160. The maximum Gasteiger partial charge on any atom is 0.302 e. The van der Waals surface area contributed by atoms with E-state index in [1.165, 1.54) is 44.9 Å². The molecule has 4 saturated carbocycles. The molecular formula is C23H38O3. The molecule has 4 rings (SSSR count). The van der Waals surface area contributed by atoms with Gasteiger partial charge in [-0.05, 0) is 105 Å². The Bertz CT molecular complexity index is 558. The highest BCUT2D eigenvalue weighted by Crippen LogP contribution is 2.67. The molecule has 3 nitrogen and oxygen atoms in total. The fraction of sp³-hybridized carbons (Fsp3) is 0.957. The molecule has 4 fully saturated rings. The first-order valence-corrected chi connectivity index (χ1v) is 11.1. The Morgan fingerprint density at radius 1 is 1.00 bits per heavy atom. The highest BCUT2D eigenvalue weighted by atomic mass is 16.5. The SMILES string of the molecule is CC(=O)O[C@H]1CC[C@]2(C)C3CC[C@]4(C)[C@@H](C(C)O)CC[C@H]4C3CC[C@H]2C1. The summed E-state index contributed by atoms with van der Waals surface area (Å²) in [7, 11) is 0. The molecule has 0 amide bonds. The summed E-state index contributed by atoms with van der Waals surface area (Å²) < 4.78 is 5.58. The van der Waals surface area contributed by atoms with Crippen molar-refractivity contribution < 1.29 is 14.6 Å². The smallest absolute Gasteiger partial charge is 0.302 e. The van der Waals surface area contributed by atoms with Crippen LogP contribution in [0, 0.1) is 40.4 Å². The lowest BCUT2D eigenvalue weighted by Crippen LogP contribution is -2.54. The average molecular weight is 363 g/mol. The van der Waals surface area contributed by atoms with Gasteiger partial charge in [-0.3, -0.25) is 4.79 Å². The first kappa shape index (κ1) is 18.8. The molecule has 4 aliphatic rings. The van der Waals surface area contributed by atoms with E-state index >= 15 is 0 Å². The van der Waals surface area contributed by atoms with Crippen LogP contribution in [-0.2, 0) is 9.53 Å². The van der Waals surface area contributed by atoms with Gasteiger partial charge in [-0.2, -0.15) is 0 Å². The van der Waals surface area contributed by atoms with Gasteiger partial charge in [-0.15, -0.1) is 0 Å². The monoisotopic (exact) mass is 362 g/mol. The third-order valence-corrected chi connectivity index (χ3v) is 9.61. The van der Waals surface area contributed by atoms with Crippen molar-refractivity contribution in [3.8, 4) is 0 Å². The van der Waals surface area contributed by atoms with E-state index in [2.05, 4.69) is 13.8 Å².